The van der Waals surface area contributed by atoms with E-state index in [0.29, 0.717) is 28.1 Å². The summed E-state index contributed by atoms with van der Waals surface area (Å²) in [5.74, 6) is 4.84. The summed E-state index contributed by atoms with van der Waals surface area (Å²) in [7, 11) is 0. The first-order chi connectivity index (χ1) is 10.6. The highest BCUT2D eigenvalue weighted by Crippen LogP contribution is 2.28. The molecule has 2 aromatic carbocycles. The number of rotatable bonds is 3. The number of para-hydroxylation sites is 1. The Hall–Kier alpha value is -2.93. The molecule has 3 rings (SSSR count). The number of halogens is 1. The molecule has 5 N–H and O–H groups in total. The molecule has 0 unspecified atom stereocenters. The number of amides is 1. The average Bonchev–Trinajstić information content (AvgIpc) is 2.87. The predicted octanol–water partition coefficient (Wildman–Crippen LogP) is 1.41. The molecule has 112 valence electrons. The molecule has 22 heavy (non-hydrogen) atoms. The van der Waals surface area contributed by atoms with E-state index in [9.17, 15) is 9.18 Å². The van der Waals surface area contributed by atoms with Gasteiger partial charge in [0, 0.05) is 5.56 Å². The van der Waals surface area contributed by atoms with Crippen molar-refractivity contribution in [1.29, 1.82) is 0 Å². The molecule has 0 radical (unpaired) electrons. The van der Waals surface area contributed by atoms with E-state index in [1.807, 2.05) is 0 Å². The van der Waals surface area contributed by atoms with Gasteiger partial charge in [0.15, 0.2) is 0 Å². The van der Waals surface area contributed by atoms with Gasteiger partial charge in [0.05, 0.1) is 11.2 Å². The summed E-state index contributed by atoms with van der Waals surface area (Å²) in [6.07, 6.45) is 0. The van der Waals surface area contributed by atoms with Gasteiger partial charge in [-0.25, -0.2) is 15.2 Å². The van der Waals surface area contributed by atoms with Gasteiger partial charge in [-0.05, 0) is 24.3 Å². The number of aromatic nitrogens is 2. The molecule has 3 aromatic rings. The zero-order valence-electron chi connectivity index (χ0n) is 11.6. The highest BCUT2D eigenvalue weighted by atomic mass is 19.1. The van der Waals surface area contributed by atoms with Crippen molar-refractivity contribution in [2.75, 3.05) is 5.73 Å². The summed E-state index contributed by atoms with van der Waals surface area (Å²) in [6, 6.07) is 11.3. The molecule has 0 aliphatic carbocycles. The molecule has 0 aliphatic rings. The second kappa shape index (κ2) is 5.45. The minimum absolute atomic E-state index is 0.0394. The maximum atomic E-state index is 13.5. The van der Waals surface area contributed by atoms with Crippen LogP contribution in [0.3, 0.4) is 0 Å². The Morgan fingerprint density at radius 2 is 2.05 bits per heavy atom. The minimum atomic E-state index is -0.389. The summed E-state index contributed by atoms with van der Waals surface area (Å²) in [6.45, 7) is -0.0394. The fourth-order valence-corrected chi connectivity index (χ4v) is 2.37. The molecule has 7 heteroatoms. The Morgan fingerprint density at radius 1 is 1.27 bits per heavy atom. The van der Waals surface area contributed by atoms with Crippen LogP contribution >= 0.6 is 0 Å². The minimum Gasteiger partial charge on any atom is -0.397 e. The standard InChI is InChI=1S/C15H14FN5O/c16-10-4-1-3-9(7-10)15-19-14-11(17)5-2-6-12(14)21(15)8-13(22)20-18/h1-7H,8,17-18H2,(H,20,22). The first-order valence-corrected chi connectivity index (χ1v) is 6.60. The molecule has 6 nitrogen and oxygen atoms in total. The molecule has 0 fully saturated rings. The Bertz CT molecular complexity index is 858. The van der Waals surface area contributed by atoms with Gasteiger partial charge in [-0.2, -0.15) is 0 Å². The van der Waals surface area contributed by atoms with E-state index >= 15 is 0 Å². The van der Waals surface area contributed by atoms with Crippen LogP contribution in [0.1, 0.15) is 0 Å². The third kappa shape index (κ3) is 2.38. The summed E-state index contributed by atoms with van der Waals surface area (Å²) in [4.78, 5) is 16.1. The van der Waals surface area contributed by atoms with Crippen LogP contribution in [-0.4, -0.2) is 15.5 Å². The molecule has 0 aliphatic heterocycles. The van der Waals surface area contributed by atoms with Gasteiger partial charge >= 0.3 is 0 Å². The molecule has 1 amide bonds. The van der Waals surface area contributed by atoms with Crippen LogP contribution in [0.5, 0.6) is 0 Å². The molecule has 0 spiro atoms. The van der Waals surface area contributed by atoms with Crippen LogP contribution in [0.25, 0.3) is 22.4 Å². The van der Waals surface area contributed by atoms with Gasteiger partial charge in [-0.15, -0.1) is 0 Å². The zero-order chi connectivity index (χ0) is 15.7. The number of fused-ring (bicyclic) bond motifs is 1. The number of carbonyl (C=O) groups excluding carboxylic acids is 1. The van der Waals surface area contributed by atoms with Crippen molar-refractivity contribution in [3.05, 3.63) is 48.3 Å². The number of nitrogens with two attached hydrogens (primary N) is 2. The van der Waals surface area contributed by atoms with Gasteiger partial charge in [0.1, 0.15) is 23.7 Å². The van der Waals surface area contributed by atoms with E-state index in [-0.39, 0.29) is 18.3 Å². The SMILES string of the molecule is NNC(=O)Cn1c(-c2cccc(F)c2)nc2c(N)cccc21. The second-order valence-electron chi connectivity index (χ2n) is 4.81. The number of nitrogens with zero attached hydrogens (tertiary/aromatic N) is 2. The van der Waals surface area contributed by atoms with E-state index < -0.39 is 0 Å². The van der Waals surface area contributed by atoms with Crippen molar-refractivity contribution in [3.8, 4) is 11.4 Å². The van der Waals surface area contributed by atoms with Gasteiger partial charge < -0.3 is 10.3 Å². The topological polar surface area (TPSA) is 99.0 Å². The van der Waals surface area contributed by atoms with Crippen LogP contribution in [-0.2, 0) is 11.3 Å². The molecule has 0 atom stereocenters. The Kier molecular flexibility index (Phi) is 3.48. The molecular formula is C15H14FN5O. The first kappa shape index (κ1) is 14.0. The van der Waals surface area contributed by atoms with E-state index in [2.05, 4.69) is 10.4 Å². The van der Waals surface area contributed by atoms with Gasteiger partial charge in [-0.1, -0.05) is 18.2 Å². The highest BCUT2D eigenvalue weighted by molar-refractivity contribution is 5.91. The molecule has 0 saturated carbocycles. The number of nitrogen functional groups attached to an aromatic ring is 1. The van der Waals surface area contributed by atoms with Crippen LogP contribution in [0.15, 0.2) is 42.5 Å². The van der Waals surface area contributed by atoms with Crippen LogP contribution in [0.4, 0.5) is 10.1 Å². The number of hydrogen-bond acceptors (Lipinski definition) is 4. The van der Waals surface area contributed by atoms with Gasteiger partial charge in [0.25, 0.3) is 5.91 Å². The second-order valence-corrected chi connectivity index (χ2v) is 4.81. The number of benzene rings is 2. The lowest BCUT2D eigenvalue weighted by Crippen LogP contribution is -2.33. The number of hydrazine groups is 1. The quantitative estimate of drug-likeness (QED) is 0.295. The summed E-state index contributed by atoms with van der Waals surface area (Å²) in [5.41, 5.74) is 10.3. The van der Waals surface area contributed by atoms with Crippen molar-refractivity contribution in [2.24, 2.45) is 5.84 Å². The largest absolute Gasteiger partial charge is 0.397 e. The molecular weight excluding hydrogens is 285 g/mol. The summed E-state index contributed by atoms with van der Waals surface area (Å²) in [5, 5.41) is 0. The van der Waals surface area contributed by atoms with Crippen LogP contribution in [0, 0.1) is 5.82 Å². The van der Waals surface area contributed by atoms with Crippen molar-refractivity contribution in [3.63, 3.8) is 0 Å². The fourth-order valence-electron chi connectivity index (χ4n) is 2.37. The van der Waals surface area contributed by atoms with Crippen molar-refractivity contribution < 1.29 is 9.18 Å². The lowest BCUT2D eigenvalue weighted by atomic mass is 10.2. The van der Waals surface area contributed by atoms with Crippen molar-refractivity contribution in [2.45, 2.75) is 6.54 Å². The van der Waals surface area contributed by atoms with E-state index in [1.165, 1.54) is 12.1 Å². The lowest BCUT2D eigenvalue weighted by molar-refractivity contribution is -0.121. The fraction of sp³-hybridized carbons (Fsp3) is 0.0667. The van der Waals surface area contributed by atoms with E-state index in [1.54, 1.807) is 34.9 Å². The molecule has 0 bridgehead atoms. The maximum Gasteiger partial charge on any atom is 0.253 e. The zero-order valence-corrected chi connectivity index (χ0v) is 11.6. The predicted molar refractivity (Wildman–Crippen MR) is 81.9 cm³/mol. The van der Waals surface area contributed by atoms with Crippen LogP contribution < -0.4 is 17.0 Å². The smallest absolute Gasteiger partial charge is 0.253 e. The lowest BCUT2D eigenvalue weighted by Gasteiger charge is -2.08. The Labute approximate surface area is 125 Å². The van der Waals surface area contributed by atoms with E-state index in [4.69, 9.17) is 11.6 Å². The highest BCUT2D eigenvalue weighted by Gasteiger charge is 2.16. The molecule has 0 saturated heterocycles. The van der Waals surface area contributed by atoms with Crippen LogP contribution in [0.2, 0.25) is 0 Å². The Balaban J connectivity index is 2.26. The maximum absolute atomic E-state index is 13.5. The summed E-state index contributed by atoms with van der Waals surface area (Å²) < 4.78 is 15.1. The number of hydrogen-bond donors (Lipinski definition) is 3. The van der Waals surface area contributed by atoms with Gasteiger partial charge in [-0.3, -0.25) is 10.2 Å². The van der Waals surface area contributed by atoms with Crippen molar-refractivity contribution >= 4 is 22.6 Å². The summed E-state index contributed by atoms with van der Waals surface area (Å²) >= 11 is 0. The third-order valence-electron chi connectivity index (χ3n) is 3.36. The first-order valence-electron chi connectivity index (χ1n) is 6.60. The Morgan fingerprint density at radius 3 is 2.77 bits per heavy atom. The normalized spacial score (nSPS) is 10.8. The number of nitrogens with one attached hydrogen (secondary N) is 1. The number of carbonyl (C=O) groups is 1. The monoisotopic (exact) mass is 299 g/mol. The number of anilines is 1. The molecule has 1 aromatic heterocycles. The third-order valence-corrected chi connectivity index (χ3v) is 3.36. The number of imidazole rings is 1. The van der Waals surface area contributed by atoms with Gasteiger partial charge in [0.2, 0.25) is 0 Å². The van der Waals surface area contributed by atoms with Crippen molar-refractivity contribution in [1.82, 2.24) is 15.0 Å². The average molecular weight is 299 g/mol. The van der Waals surface area contributed by atoms with E-state index in [0.717, 1.165) is 0 Å². The molecule has 1 heterocycles.